The summed E-state index contributed by atoms with van der Waals surface area (Å²) in [4.78, 5) is 27.1. The van der Waals surface area contributed by atoms with Gasteiger partial charge in [-0.1, -0.05) is 30.3 Å². The van der Waals surface area contributed by atoms with Gasteiger partial charge in [0.15, 0.2) is 6.04 Å². The lowest BCUT2D eigenvalue weighted by molar-refractivity contribution is -0.151. The van der Waals surface area contributed by atoms with Crippen LogP contribution >= 0.6 is 0 Å². The lowest BCUT2D eigenvalue weighted by Crippen LogP contribution is -2.46. The number of carbonyl (C=O) groups is 2. The van der Waals surface area contributed by atoms with Crippen LogP contribution in [0.2, 0.25) is 0 Å². The highest BCUT2D eigenvalue weighted by molar-refractivity contribution is 5.84. The highest BCUT2D eigenvalue weighted by atomic mass is 16.5. The summed E-state index contributed by atoms with van der Waals surface area (Å²) >= 11 is 0. The van der Waals surface area contributed by atoms with Crippen LogP contribution in [0.1, 0.15) is 31.4 Å². The first-order valence-electron chi connectivity index (χ1n) is 8.70. The second-order valence-corrected chi connectivity index (χ2v) is 6.17. The SMILES string of the molecule is CCOC(=O)[C@H]1CCCN(C(=O)[C@@H](c2ccccc2)n2cccn2)C1. The van der Waals surface area contributed by atoms with Crippen molar-refractivity contribution in [3.8, 4) is 0 Å². The number of hydrogen-bond acceptors (Lipinski definition) is 4. The van der Waals surface area contributed by atoms with Crippen molar-refractivity contribution in [1.82, 2.24) is 14.7 Å². The standard InChI is InChI=1S/C19H23N3O3/c1-2-25-19(24)16-10-6-12-21(14-16)18(23)17(22-13-7-11-20-22)15-8-4-3-5-9-15/h3-5,7-9,11,13,16-17H,2,6,10,12,14H2,1H3/t16-,17+/m0/s1. The average molecular weight is 341 g/mol. The van der Waals surface area contributed by atoms with E-state index >= 15 is 0 Å². The molecular weight excluding hydrogens is 318 g/mol. The zero-order valence-electron chi connectivity index (χ0n) is 14.4. The molecule has 6 heteroatoms. The molecule has 1 aromatic carbocycles. The van der Waals surface area contributed by atoms with Gasteiger partial charge in [0.25, 0.3) is 5.91 Å². The number of carbonyl (C=O) groups excluding carboxylic acids is 2. The molecule has 1 aromatic heterocycles. The molecule has 1 aliphatic rings. The fourth-order valence-electron chi connectivity index (χ4n) is 3.28. The summed E-state index contributed by atoms with van der Waals surface area (Å²) in [5, 5.41) is 4.27. The van der Waals surface area contributed by atoms with E-state index in [0.717, 1.165) is 18.4 Å². The van der Waals surface area contributed by atoms with Gasteiger partial charge in [-0.15, -0.1) is 0 Å². The molecular formula is C19H23N3O3. The third-order valence-corrected chi connectivity index (χ3v) is 4.49. The van der Waals surface area contributed by atoms with Crippen LogP contribution in [0.3, 0.4) is 0 Å². The van der Waals surface area contributed by atoms with Gasteiger partial charge < -0.3 is 9.64 Å². The molecule has 3 rings (SSSR count). The van der Waals surface area contributed by atoms with E-state index < -0.39 is 6.04 Å². The summed E-state index contributed by atoms with van der Waals surface area (Å²) in [7, 11) is 0. The number of aromatic nitrogens is 2. The van der Waals surface area contributed by atoms with E-state index in [4.69, 9.17) is 4.74 Å². The predicted molar refractivity (Wildman–Crippen MR) is 92.7 cm³/mol. The monoisotopic (exact) mass is 341 g/mol. The molecule has 2 heterocycles. The van der Waals surface area contributed by atoms with Gasteiger partial charge in [0.2, 0.25) is 0 Å². The maximum atomic E-state index is 13.2. The Bertz CT molecular complexity index is 700. The number of likely N-dealkylation sites (tertiary alicyclic amines) is 1. The average Bonchev–Trinajstić information content (AvgIpc) is 3.17. The van der Waals surface area contributed by atoms with Gasteiger partial charge in [0.1, 0.15) is 0 Å². The number of hydrogen-bond donors (Lipinski definition) is 0. The van der Waals surface area contributed by atoms with Gasteiger partial charge in [0.05, 0.1) is 12.5 Å². The fraction of sp³-hybridized carbons (Fsp3) is 0.421. The number of ether oxygens (including phenoxy) is 1. The summed E-state index contributed by atoms with van der Waals surface area (Å²) in [6.45, 7) is 3.22. The lowest BCUT2D eigenvalue weighted by atomic mass is 9.96. The molecule has 0 aliphatic carbocycles. The van der Waals surface area contributed by atoms with Crippen molar-refractivity contribution in [3.63, 3.8) is 0 Å². The zero-order chi connectivity index (χ0) is 17.6. The van der Waals surface area contributed by atoms with Gasteiger partial charge >= 0.3 is 5.97 Å². The minimum atomic E-state index is -0.517. The molecule has 2 atom stereocenters. The largest absolute Gasteiger partial charge is 0.466 e. The maximum Gasteiger partial charge on any atom is 0.310 e. The molecule has 25 heavy (non-hydrogen) atoms. The Labute approximate surface area is 147 Å². The minimum absolute atomic E-state index is 0.0381. The summed E-state index contributed by atoms with van der Waals surface area (Å²) in [5.41, 5.74) is 0.884. The second-order valence-electron chi connectivity index (χ2n) is 6.17. The third kappa shape index (κ3) is 3.90. The van der Waals surface area contributed by atoms with Gasteiger partial charge in [-0.25, -0.2) is 0 Å². The second kappa shape index (κ2) is 7.96. The number of rotatable bonds is 5. The molecule has 6 nitrogen and oxygen atoms in total. The molecule has 0 N–H and O–H groups in total. The number of amides is 1. The Morgan fingerprint density at radius 1 is 1.28 bits per heavy atom. The van der Waals surface area contributed by atoms with Crippen LogP contribution in [0.4, 0.5) is 0 Å². The van der Waals surface area contributed by atoms with Crippen molar-refractivity contribution >= 4 is 11.9 Å². The Morgan fingerprint density at radius 3 is 2.76 bits per heavy atom. The Morgan fingerprint density at radius 2 is 2.08 bits per heavy atom. The number of benzene rings is 1. The molecule has 0 spiro atoms. The van der Waals surface area contributed by atoms with Gasteiger partial charge in [-0.3, -0.25) is 14.3 Å². The Kier molecular flexibility index (Phi) is 5.48. The van der Waals surface area contributed by atoms with Crippen LogP contribution in [-0.2, 0) is 14.3 Å². The van der Waals surface area contributed by atoms with E-state index in [2.05, 4.69) is 5.10 Å². The minimum Gasteiger partial charge on any atom is -0.466 e. The molecule has 0 unspecified atom stereocenters. The first-order chi connectivity index (χ1) is 12.2. The normalized spacial score (nSPS) is 18.6. The van der Waals surface area contributed by atoms with Crippen LogP contribution in [-0.4, -0.2) is 46.3 Å². The third-order valence-electron chi connectivity index (χ3n) is 4.49. The van der Waals surface area contributed by atoms with E-state index in [1.165, 1.54) is 0 Å². The van der Waals surface area contributed by atoms with Crippen LogP contribution in [0.15, 0.2) is 48.8 Å². The van der Waals surface area contributed by atoms with E-state index in [0.29, 0.717) is 19.7 Å². The molecule has 132 valence electrons. The van der Waals surface area contributed by atoms with Crippen molar-refractivity contribution in [1.29, 1.82) is 0 Å². The molecule has 1 amide bonds. The zero-order valence-corrected chi connectivity index (χ0v) is 14.4. The lowest BCUT2D eigenvalue weighted by Gasteiger charge is -2.34. The van der Waals surface area contributed by atoms with Crippen molar-refractivity contribution in [3.05, 3.63) is 54.4 Å². The van der Waals surface area contributed by atoms with Crippen molar-refractivity contribution < 1.29 is 14.3 Å². The molecule has 1 saturated heterocycles. The summed E-state index contributed by atoms with van der Waals surface area (Å²) in [5.74, 6) is -0.494. The Hall–Kier alpha value is -2.63. The number of piperidine rings is 1. The van der Waals surface area contributed by atoms with E-state index in [1.54, 1.807) is 35.0 Å². The fourth-order valence-corrected chi connectivity index (χ4v) is 3.28. The predicted octanol–water partition coefficient (Wildman–Crippen LogP) is 2.27. The van der Waals surface area contributed by atoms with Crippen LogP contribution in [0, 0.1) is 5.92 Å². The van der Waals surface area contributed by atoms with Crippen molar-refractivity contribution in [2.75, 3.05) is 19.7 Å². The highest BCUT2D eigenvalue weighted by Crippen LogP contribution is 2.25. The van der Waals surface area contributed by atoms with Crippen molar-refractivity contribution in [2.45, 2.75) is 25.8 Å². The molecule has 1 aliphatic heterocycles. The van der Waals surface area contributed by atoms with Gasteiger partial charge in [-0.2, -0.15) is 5.10 Å². The van der Waals surface area contributed by atoms with E-state index in [-0.39, 0.29) is 17.8 Å². The highest BCUT2D eigenvalue weighted by Gasteiger charge is 2.34. The van der Waals surface area contributed by atoms with Gasteiger partial charge in [0, 0.05) is 25.5 Å². The molecule has 1 fully saturated rings. The summed E-state index contributed by atoms with van der Waals surface area (Å²) < 4.78 is 6.80. The summed E-state index contributed by atoms with van der Waals surface area (Å²) in [6.07, 6.45) is 5.03. The molecule has 2 aromatic rings. The molecule has 0 saturated carbocycles. The summed E-state index contributed by atoms with van der Waals surface area (Å²) in [6, 6.07) is 10.9. The van der Waals surface area contributed by atoms with E-state index in [1.807, 2.05) is 30.3 Å². The molecule has 0 radical (unpaired) electrons. The van der Waals surface area contributed by atoms with E-state index in [9.17, 15) is 9.59 Å². The smallest absolute Gasteiger partial charge is 0.310 e. The Balaban J connectivity index is 1.82. The maximum absolute atomic E-state index is 13.2. The molecule has 0 bridgehead atoms. The van der Waals surface area contributed by atoms with Gasteiger partial charge in [-0.05, 0) is 31.4 Å². The first kappa shape index (κ1) is 17.2. The van der Waals surface area contributed by atoms with Crippen molar-refractivity contribution in [2.24, 2.45) is 5.92 Å². The van der Waals surface area contributed by atoms with Crippen LogP contribution < -0.4 is 0 Å². The first-order valence-corrected chi connectivity index (χ1v) is 8.70. The quantitative estimate of drug-likeness (QED) is 0.783. The number of nitrogens with zero attached hydrogens (tertiary/aromatic N) is 3. The topological polar surface area (TPSA) is 64.4 Å². The number of esters is 1. The van der Waals surface area contributed by atoms with Crippen LogP contribution in [0.5, 0.6) is 0 Å². The van der Waals surface area contributed by atoms with Crippen LogP contribution in [0.25, 0.3) is 0 Å².